The van der Waals surface area contributed by atoms with Crippen molar-refractivity contribution in [2.45, 2.75) is 13.3 Å². The van der Waals surface area contributed by atoms with E-state index < -0.39 is 0 Å². The number of nitrogens with one attached hydrogen (secondary N) is 1. The van der Waals surface area contributed by atoms with Gasteiger partial charge in [-0.05, 0) is 36.3 Å². The van der Waals surface area contributed by atoms with Crippen LogP contribution in [0.4, 0.5) is 5.13 Å². The van der Waals surface area contributed by atoms with Gasteiger partial charge in [0.05, 0.1) is 7.11 Å². The Kier molecular flexibility index (Phi) is 5.81. The second-order valence-corrected chi connectivity index (χ2v) is 7.01. The zero-order valence-electron chi connectivity index (χ0n) is 14.7. The molecule has 0 aliphatic carbocycles. The normalized spacial score (nSPS) is 10.8. The summed E-state index contributed by atoms with van der Waals surface area (Å²) < 4.78 is 5.17. The van der Waals surface area contributed by atoms with Crippen molar-refractivity contribution in [3.63, 3.8) is 0 Å². The molecule has 0 unspecified atom stereocenters. The molecule has 0 bridgehead atoms. The molecule has 26 heavy (non-hydrogen) atoms. The lowest BCUT2D eigenvalue weighted by atomic mass is 10.1. The molecule has 1 amide bonds. The molecule has 1 N–H and O–H groups in total. The Balaban J connectivity index is 1.59. The maximum Gasteiger partial charge on any atom is 0.250 e. The summed E-state index contributed by atoms with van der Waals surface area (Å²) in [5, 5.41) is 3.41. The summed E-state index contributed by atoms with van der Waals surface area (Å²) >= 11 is 1.49. The number of carbonyl (C=O) groups is 1. The van der Waals surface area contributed by atoms with Gasteiger partial charge in [0.25, 0.3) is 0 Å². The van der Waals surface area contributed by atoms with E-state index in [2.05, 4.69) is 41.5 Å². The van der Waals surface area contributed by atoms with E-state index in [0.717, 1.165) is 22.6 Å². The topological polar surface area (TPSA) is 51.2 Å². The number of benzene rings is 2. The van der Waals surface area contributed by atoms with Crippen LogP contribution in [0.1, 0.15) is 21.6 Å². The number of hydrogen-bond acceptors (Lipinski definition) is 4. The lowest BCUT2D eigenvalue weighted by Gasteiger charge is -2.00. The van der Waals surface area contributed by atoms with E-state index in [1.807, 2.05) is 30.5 Å². The van der Waals surface area contributed by atoms with E-state index >= 15 is 0 Å². The molecule has 4 nitrogen and oxygen atoms in total. The molecule has 0 saturated carbocycles. The standard InChI is InChI=1S/C21H20N2O2S/c1-15-5-3-7-17(11-15)13-19-14-22-21(26-19)23-20(24)10-9-16-6-4-8-18(12-16)25-2/h3-12,14H,13H2,1-2H3,(H,22,23,24)/b10-9+. The van der Waals surface area contributed by atoms with Crippen molar-refractivity contribution < 1.29 is 9.53 Å². The summed E-state index contributed by atoms with van der Waals surface area (Å²) in [6.07, 6.45) is 5.87. The molecule has 0 aliphatic heterocycles. The molecule has 0 aliphatic rings. The molecule has 132 valence electrons. The Labute approximate surface area is 157 Å². The van der Waals surface area contributed by atoms with Gasteiger partial charge in [0.1, 0.15) is 5.75 Å². The SMILES string of the molecule is COc1cccc(/C=C/C(=O)Nc2ncc(Cc3cccc(C)c3)s2)c1. The number of aromatic nitrogens is 1. The molecular formula is C21H20N2O2S. The highest BCUT2D eigenvalue weighted by Gasteiger charge is 2.06. The lowest BCUT2D eigenvalue weighted by molar-refractivity contribution is -0.111. The third-order valence-corrected chi connectivity index (χ3v) is 4.68. The Hall–Kier alpha value is -2.92. The van der Waals surface area contributed by atoms with Gasteiger partial charge in [-0.1, -0.05) is 42.0 Å². The highest BCUT2D eigenvalue weighted by Crippen LogP contribution is 2.21. The predicted octanol–water partition coefficient (Wildman–Crippen LogP) is 4.70. The van der Waals surface area contributed by atoms with Crippen LogP contribution in [0, 0.1) is 6.92 Å². The number of methoxy groups -OCH3 is 1. The molecule has 3 rings (SSSR count). The Morgan fingerprint density at radius 2 is 2.08 bits per heavy atom. The van der Waals surface area contributed by atoms with Crippen LogP contribution in [-0.2, 0) is 11.2 Å². The predicted molar refractivity (Wildman–Crippen MR) is 107 cm³/mol. The average Bonchev–Trinajstić information content (AvgIpc) is 3.07. The van der Waals surface area contributed by atoms with Crippen molar-refractivity contribution in [1.82, 2.24) is 4.98 Å². The minimum atomic E-state index is -0.204. The van der Waals surface area contributed by atoms with Crippen molar-refractivity contribution >= 4 is 28.5 Å². The van der Waals surface area contributed by atoms with Crippen molar-refractivity contribution in [3.8, 4) is 5.75 Å². The second kappa shape index (κ2) is 8.45. The first kappa shape index (κ1) is 17.9. The zero-order chi connectivity index (χ0) is 18.4. The number of carbonyl (C=O) groups excluding carboxylic acids is 1. The van der Waals surface area contributed by atoms with E-state index in [1.165, 1.54) is 28.5 Å². The Morgan fingerprint density at radius 1 is 1.23 bits per heavy atom. The molecule has 0 spiro atoms. The summed E-state index contributed by atoms with van der Waals surface area (Å²) in [5.74, 6) is 0.553. The second-order valence-electron chi connectivity index (χ2n) is 5.90. The number of ether oxygens (including phenoxy) is 1. The molecule has 3 aromatic rings. The minimum absolute atomic E-state index is 0.204. The van der Waals surface area contributed by atoms with Gasteiger partial charge < -0.3 is 4.74 Å². The molecule has 0 atom stereocenters. The largest absolute Gasteiger partial charge is 0.497 e. The van der Waals surface area contributed by atoms with Crippen molar-refractivity contribution in [3.05, 3.63) is 82.4 Å². The van der Waals surface area contributed by atoms with E-state index in [1.54, 1.807) is 13.2 Å². The van der Waals surface area contributed by atoms with Gasteiger partial charge in [-0.25, -0.2) is 4.98 Å². The van der Waals surface area contributed by atoms with Crippen LogP contribution in [0.3, 0.4) is 0 Å². The maximum absolute atomic E-state index is 12.1. The molecule has 5 heteroatoms. The fourth-order valence-corrected chi connectivity index (χ4v) is 3.38. The third-order valence-electron chi connectivity index (χ3n) is 3.77. The van der Waals surface area contributed by atoms with E-state index in [-0.39, 0.29) is 5.91 Å². The summed E-state index contributed by atoms with van der Waals surface area (Å²) in [6.45, 7) is 2.08. The number of anilines is 1. The van der Waals surface area contributed by atoms with Crippen LogP contribution in [-0.4, -0.2) is 18.0 Å². The van der Waals surface area contributed by atoms with Gasteiger partial charge in [-0.2, -0.15) is 0 Å². The van der Waals surface area contributed by atoms with Crippen molar-refractivity contribution in [2.24, 2.45) is 0 Å². The first-order valence-electron chi connectivity index (χ1n) is 8.26. The van der Waals surface area contributed by atoms with Gasteiger partial charge in [-0.15, -0.1) is 11.3 Å². The molecule has 1 heterocycles. The monoisotopic (exact) mass is 364 g/mol. The van der Waals surface area contributed by atoms with Crippen LogP contribution in [0.5, 0.6) is 5.75 Å². The van der Waals surface area contributed by atoms with Crippen molar-refractivity contribution in [1.29, 1.82) is 0 Å². The van der Waals surface area contributed by atoms with Crippen LogP contribution in [0.15, 0.2) is 60.8 Å². The van der Waals surface area contributed by atoms with E-state index in [4.69, 9.17) is 4.74 Å². The summed E-state index contributed by atoms with van der Waals surface area (Å²) in [5.41, 5.74) is 3.38. The Morgan fingerprint density at radius 3 is 2.88 bits per heavy atom. The van der Waals surface area contributed by atoms with Crippen molar-refractivity contribution in [2.75, 3.05) is 12.4 Å². The number of nitrogens with zero attached hydrogens (tertiary/aromatic N) is 1. The van der Waals surface area contributed by atoms with E-state index in [9.17, 15) is 4.79 Å². The first-order chi connectivity index (χ1) is 12.6. The highest BCUT2D eigenvalue weighted by molar-refractivity contribution is 7.15. The average molecular weight is 364 g/mol. The fourth-order valence-electron chi connectivity index (χ4n) is 2.53. The Bertz CT molecular complexity index is 931. The molecule has 0 radical (unpaired) electrons. The number of thiazole rings is 1. The number of hydrogen-bond donors (Lipinski definition) is 1. The summed E-state index contributed by atoms with van der Waals surface area (Å²) in [7, 11) is 1.62. The molecule has 1 aromatic heterocycles. The minimum Gasteiger partial charge on any atom is -0.497 e. The van der Waals surface area contributed by atoms with Gasteiger partial charge in [0, 0.05) is 23.6 Å². The molecule has 2 aromatic carbocycles. The summed E-state index contributed by atoms with van der Waals surface area (Å²) in [4.78, 5) is 17.5. The van der Waals surface area contributed by atoms with Crippen LogP contribution in [0.2, 0.25) is 0 Å². The van der Waals surface area contributed by atoms with Gasteiger partial charge in [0.15, 0.2) is 5.13 Å². The zero-order valence-corrected chi connectivity index (χ0v) is 15.5. The van der Waals surface area contributed by atoms with Gasteiger partial charge >= 0.3 is 0 Å². The number of rotatable bonds is 6. The lowest BCUT2D eigenvalue weighted by Crippen LogP contribution is -2.07. The van der Waals surface area contributed by atoms with Crippen LogP contribution < -0.4 is 10.1 Å². The third kappa shape index (κ3) is 5.04. The number of aryl methyl sites for hydroxylation is 1. The highest BCUT2D eigenvalue weighted by atomic mass is 32.1. The van der Waals surface area contributed by atoms with E-state index in [0.29, 0.717) is 5.13 Å². The summed E-state index contributed by atoms with van der Waals surface area (Å²) in [6, 6.07) is 15.9. The van der Waals surface area contributed by atoms with Gasteiger partial charge in [0.2, 0.25) is 5.91 Å². The first-order valence-corrected chi connectivity index (χ1v) is 9.07. The van der Waals surface area contributed by atoms with Gasteiger partial charge in [-0.3, -0.25) is 10.1 Å². The quantitative estimate of drug-likeness (QED) is 0.645. The van der Waals surface area contributed by atoms with Crippen LogP contribution in [0.25, 0.3) is 6.08 Å². The fraction of sp³-hybridized carbons (Fsp3) is 0.143. The molecular weight excluding hydrogens is 344 g/mol. The number of amides is 1. The molecule has 0 saturated heterocycles. The molecule has 0 fully saturated rings. The maximum atomic E-state index is 12.1. The smallest absolute Gasteiger partial charge is 0.250 e. The van der Waals surface area contributed by atoms with Crippen LogP contribution >= 0.6 is 11.3 Å².